The Bertz CT molecular complexity index is 895. The average molecular weight is 443 g/mol. The maximum Gasteiger partial charge on any atom is 0.237 e. The predicted octanol–water partition coefficient (Wildman–Crippen LogP) is 3.03. The minimum atomic E-state index is -0.277. The Hall–Kier alpha value is -2.39. The molecule has 1 saturated heterocycles. The molecule has 9 nitrogen and oxygen atoms in total. The Morgan fingerprint density at radius 2 is 2.09 bits per heavy atom. The first-order valence-corrected chi connectivity index (χ1v) is 11.8. The summed E-state index contributed by atoms with van der Waals surface area (Å²) in [6.07, 6.45) is 9.54. The van der Waals surface area contributed by atoms with Crippen LogP contribution >= 0.6 is 0 Å². The Morgan fingerprint density at radius 1 is 1.28 bits per heavy atom. The van der Waals surface area contributed by atoms with Crippen molar-refractivity contribution in [2.75, 3.05) is 26.2 Å². The van der Waals surface area contributed by atoms with Gasteiger partial charge in [0, 0.05) is 37.8 Å². The maximum absolute atomic E-state index is 13.3. The Labute approximate surface area is 189 Å². The lowest BCUT2D eigenvalue weighted by molar-refractivity contribution is -0.139. The van der Waals surface area contributed by atoms with E-state index in [4.69, 9.17) is 9.26 Å². The van der Waals surface area contributed by atoms with Crippen LogP contribution in [0.4, 0.5) is 0 Å². The largest absolute Gasteiger partial charge is 0.369 e. The zero-order chi connectivity index (χ0) is 22.5. The predicted molar refractivity (Wildman–Crippen MR) is 119 cm³/mol. The van der Waals surface area contributed by atoms with Gasteiger partial charge >= 0.3 is 0 Å². The first kappa shape index (κ1) is 22.8. The molecule has 0 bridgehead atoms. The summed E-state index contributed by atoms with van der Waals surface area (Å²) in [5, 5.41) is 4.08. The number of aryl methyl sites for hydroxylation is 1. The van der Waals surface area contributed by atoms with Gasteiger partial charge < -0.3 is 14.2 Å². The molecule has 32 heavy (non-hydrogen) atoms. The fourth-order valence-corrected chi connectivity index (χ4v) is 4.83. The molecule has 2 fully saturated rings. The smallest absolute Gasteiger partial charge is 0.237 e. The van der Waals surface area contributed by atoms with Crippen LogP contribution in [0.15, 0.2) is 17.0 Å². The number of hydrogen-bond donors (Lipinski definition) is 0. The van der Waals surface area contributed by atoms with Crippen molar-refractivity contribution >= 4 is 5.91 Å². The van der Waals surface area contributed by atoms with Crippen molar-refractivity contribution in [2.24, 2.45) is 0 Å². The summed E-state index contributed by atoms with van der Waals surface area (Å²) in [6.45, 7) is 8.46. The lowest BCUT2D eigenvalue weighted by Gasteiger charge is -2.39. The molecule has 1 amide bonds. The second-order valence-electron chi connectivity index (χ2n) is 8.97. The summed E-state index contributed by atoms with van der Waals surface area (Å²) < 4.78 is 11.3. The van der Waals surface area contributed by atoms with E-state index >= 15 is 0 Å². The SMILES string of the molecule is CCc1nc(-c2cncnc2C2CN(CC(=O)N(C(C)C)C3CCCCC3)CCO2)no1. The van der Waals surface area contributed by atoms with E-state index in [2.05, 4.69) is 43.8 Å². The maximum atomic E-state index is 13.3. The van der Waals surface area contributed by atoms with Crippen LogP contribution in [0.2, 0.25) is 0 Å². The number of aromatic nitrogens is 4. The number of amides is 1. The van der Waals surface area contributed by atoms with Crippen LogP contribution in [0.5, 0.6) is 0 Å². The van der Waals surface area contributed by atoms with Gasteiger partial charge in [-0.2, -0.15) is 4.98 Å². The van der Waals surface area contributed by atoms with Gasteiger partial charge in [-0.25, -0.2) is 9.97 Å². The fraction of sp³-hybridized carbons (Fsp3) is 0.696. The van der Waals surface area contributed by atoms with E-state index in [1.807, 2.05) is 6.92 Å². The molecule has 0 radical (unpaired) electrons. The molecule has 9 heteroatoms. The van der Waals surface area contributed by atoms with Gasteiger partial charge in [0.25, 0.3) is 0 Å². The molecule has 0 aromatic carbocycles. The van der Waals surface area contributed by atoms with E-state index in [1.165, 1.54) is 25.6 Å². The Balaban J connectivity index is 1.46. The van der Waals surface area contributed by atoms with Crippen LogP contribution in [-0.4, -0.2) is 74.1 Å². The molecule has 2 aliphatic rings. The fourth-order valence-electron chi connectivity index (χ4n) is 4.83. The van der Waals surface area contributed by atoms with Crippen LogP contribution in [0.25, 0.3) is 11.4 Å². The Morgan fingerprint density at radius 3 is 2.81 bits per heavy atom. The van der Waals surface area contributed by atoms with Crippen molar-refractivity contribution in [1.29, 1.82) is 0 Å². The molecule has 2 aromatic heterocycles. The lowest BCUT2D eigenvalue weighted by atomic mass is 9.93. The van der Waals surface area contributed by atoms with E-state index in [-0.39, 0.29) is 18.1 Å². The molecular formula is C23H34N6O3. The minimum absolute atomic E-state index is 0.209. The molecule has 1 atom stereocenters. The van der Waals surface area contributed by atoms with Gasteiger partial charge in [-0.1, -0.05) is 31.3 Å². The number of ether oxygens (including phenoxy) is 1. The summed E-state index contributed by atoms with van der Waals surface area (Å²) in [4.78, 5) is 30.7. The van der Waals surface area contributed by atoms with Crippen molar-refractivity contribution < 1.29 is 14.1 Å². The summed E-state index contributed by atoms with van der Waals surface area (Å²) in [7, 11) is 0. The number of carbonyl (C=O) groups is 1. The number of nitrogens with zero attached hydrogens (tertiary/aromatic N) is 6. The summed E-state index contributed by atoms with van der Waals surface area (Å²) in [5.41, 5.74) is 1.44. The molecule has 174 valence electrons. The molecule has 0 N–H and O–H groups in total. The highest BCUT2D eigenvalue weighted by atomic mass is 16.5. The number of hydrogen-bond acceptors (Lipinski definition) is 8. The topological polar surface area (TPSA) is 97.5 Å². The van der Waals surface area contributed by atoms with Crippen molar-refractivity contribution in [3.63, 3.8) is 0 Å². The van der Waals surface area contributed by atoms with E-state index in [1.54, 1.807) is 6.20 Å². The highest BCUT2D eigenvalue weighted by molar-refractivity contribution is 5.79. The number of morpholine rings is 1. The van der Waals surface area contributed by atoms with Gasteiger partial charge in [-0.05, 0) is 26.7 Å². The Kier molecular flexibility index (Phi) is 7.47. The summed E-state index contributed by atoms with van der Waals surface area (Å²) in [6, 6.07) is 0.578. The normalized spacial score (nSPS) is 20.6. The third kappa shape index (κ3) is 5.15. The van der Waals surface area contributed by atoms with Gasteiger partial charge in [-0.15, -0.1) is 0 Å². The van der Waals surface area contributed by atoms with E-state index < -0.39 is 0 Å². The third-order valence-electron chi connectivity index (χ3n) is 6.38. The zero-order valence-electron chi connectivity index (χ0n) is 19.4. The van der Waals surface area contributed by atoms with Gasteiger partial charge in [0.1, 0.15) is 12.4 Å². The summed E-state index contributed by atoms with van der Waals surface area (Å²) >= 11 is 0. The highest BCUT2D eigenvalue weighted by Crippen LogP contribution is 2.29. The van der Waals surface area contributed by atoms with E-state index in [0.29, 0.717) is 49.4 Å². The second kappa shape index (κ2) is 10.5. The van der Waals surface area contributed by atoms with Crippen molar-refractivity contribution in [3.8, 4) is 11.4 Å². The van der Waals surface area contributed by atoms with Crippen LogP contribution in [-0.2, 0) is 16.0 Å². The molecule has 3 heterocycles. The van der Waals surface area contributed by atoms with Crippen molar-refractivity contribution in [3.05, 3.63) is 24.1 Å². The molecule has 4 rings (SSSR count). The van der Waals surface area contributed by atoms with E-state index in [0.717, 1.165) is 25.1 Å². The van der Waals surface area contributed by atoms with Crippen molar-refractivity contribution in [2.45, 2.75) is 77.5 Å². The van der Waals surface area contributed by atoms with Gasteiger partial charge in [0.05, 0.1) is 24.4 Å². The minimum Gasteiger partial charge on any atom is -0.369 e. The molecule has 1 unspecified atom stereocenters. The number of carbonyl (C=O) groups excluding carboxylic acids is 1. The molecular weight excluding hydrogens is 408 g/mol. The van der Waals surface area contributed by atoms with Crippen molar-refractivity contribution in [1.82, 2.24) is 29.9 Å². The molecule has 0 spiro atoms. The standard InChI is InChI=1S/C23H34N6O3/c1-4-20-26-23(27-32-20)18-12-24-15-25-22(18)19-13-28(10-11-31-19)14-21(30)29(16(2)3)17-8-6-5-7-9-17/h12,15-17,19H,4-11,13-14H2,1-3H3. The van der Waals surface area contributed by atoms with Crippen LogP contribution in [0, 0.1) is 0 Å². The van der Waals surface area contributed by atoms with Crippen LogP contribution in [0.1, 0.15) is 70.6 Å². The quantitative estimate of drug-likeness (QED) is 0.645. The third-order valence-corrected chi connectivity index (χ3v) is 6.38. The molecule has 1 saturated carbocycles. The lowest BCUT2D eigenvalue weighted by Crippen LogP contribution is -2.51. The molecule has 2 aromatic rings. The first-order chi connectivity index (χ1) is 15.6. The van der Waals surface area contributed by atoms with Gasteiger partial charge in [0.2, 0.25) is 17.6 Å². The van der Waals surface area contributed by atoms with Gasteiger partial charge in [-0.3, -0.25) is 9.69 Å². The van der Waals surface area contributed by atoms with E-state index in [9.17, 15) is 4.79 Å². The summed E-state index contributed by atoms with van der Waals surface area (Å²) in [5.74, 6) is 1.25. The monoisotopic (exact) mass is 442 g/mol. The average Bonchev–Trinajstić information content (AvgIpc) is 3.29. The first-order valence-electron chi connectivity index (χ1n) is 11.8. The van der Waals surface area contributed by atoms with Gasteiger partial charge in [0.15, 0.2) is 0 Å². The van der Waals surface area contributed by atoms with Crippen LogP contribution < -0.4 is 0 Å². The highest BCUT2D eigenvalue weighted by Gasteiger charge is 2.32. The number of rotatable bonds is 7. The zero-order valence-corrected chi connectivity index (χ0v) is 19.4. The second-order valence-corrected chi connectivity index (χ2v) is 8.97. The molecule has 1 aliphatic carbocycles. The molecule has 1 aliphatic heterocycles. The van der Waals surface area contributed by atoms with Crippen LogP contribution in [0.3, 0.4) is 0 Å².